The molecule has 1 spiro atoms. The molecule has 1 atom stereocenters. The van der Waals surface area contributed by atoms with Crippen LogP contribution in [0, 0.1) is 0 Å². The van der Waals surface area contributed by atoms with Gasteiger partial charge in [-0.05, 0) is 66.7 Å². The summed E-state index contributed by atoms with van der Waals surface area (Å²) in [5.74, 6) is 2.85. The van der Waals surface area contributed by atoms with E-state index < -0.39 is 5.66 Å². The van der Waals surface area contributed by atoms with E-state index in [9.17, 15) is 0 Å². The van der Waals surface area contributed by atoms with E-state index in [0.29, 0.717) is 0 Å². The van der Waals surface area contributed by atoms with Crippen molar-refractivity contribution in [3.8, 4) is 17.3 Å². The zero-order valence-electron chi connectivity index (χ0n) is 24.1. The van der Waals surface area contributed by atoms with Crippen molar-refractivity contribution in [2.45, 2.75) is 5.66 Å². The number of hydrogen-bond acceptors (Lipinski definition) is 3. The van der Waals surface area contributed by atoms with Crippen LogP contribution >= 0.6 is 0 Å². The molecule has 0 N–H and O–H groups in total. The minimum Gasteiger partial charge on any atom is -0.456 e. The third kappa shape index (κ3) is 2.09. The van der Waals surface area contributed by atoms with Gasteiger partial charge in [0.2, 0.25) is 0 Å². The topological polar surface area (TPSA) is 52.1 Å². The summed E-state index contributed by atoms with van der Waals surface area (Å²) in [5, 5.41) is 4.69. The minimum atomic E-state index is -0.754. The van der Waals surface area contributed by atoms with E-state index in [2.05, 4.69) is 115 Å². The Hall–Kier alpha value is -6.34. The van der Waals surface area contributed by atoms with Gasteiger partial charge >= 0.3 is 11.3 Å². The summed E-state index contributed by atoms with van der Waals surface area (Å²) in [5.41, 5.74) is 10.8. The van der Waals surface area contributed by atoms with Crippen molar-refractivity contribution >= 4 is 71.5 Å². The summed E-state index contributed by atoms with van der Waals surface area (Å²) in [7, 11) is 0. The monoisotopic (exact) mass is 588 g/mol. The number of aromatic nitrogens is 6. The number of fused-ring (bicyclic) bond motifs is 12. The van der Waals surface area contributed by atoms with E-state index in [1.807, 2.05) is 24.3 Å². The van der Waals surface area contributed by atoms with Crippen LogP contribution in [-0.4, -0.2) is 18.9 Å². The molecule has 1 unspecified atom stereocenters. The maximum Gasteiger partial charge on any atom is 0.319 e. The van der Waals surface area contributed by atoms with Gasteiger partial charge in [0, 0.05) is 22.2 Å². The average molecular weight is 589 g/mol. The van der Waals surface area contributed by atoms with Crippen LogP contribution in [0.5, 0.6) is 11.5 Å². The van der Waals surface area contributed by atoms with Crippen LogP contribution in [0.2, 0.25) is 0 Å². The van der Waals surface area contributed by atoms with Gasteiger partial charge in [0.05, 0.1) is 22.6 Å². The second-order valence-corrected chi connectivity index (χ2v) is 12.6. The Kier molecular flexibility index (Phi) is 3.37. The molecule has 7 heteroatoms. The number of nitrogens with zero attached hydrogens (tertiary/aromatic N) is 6. The summed E-state index contributed by atoms with van der Waals surface area (Å²) in [6.07, 6.45) is 2.24. The molecule has 0 bridgehead atoms. The SMILES string of the molecule is c1cc[n+]2c(c1)-n1c3ccccc3c3ccc4c(c31)C21c2c(ccc3c5nc6ccccc6nc5n5c6ccccc6[n+]1c5c23)O4. The first-order valence-corrected chi connectivity index (χ1v) is 15.6. The van der Waals surface area contributed by atoms with E-state index in [-0.39, 0.29) is 0 Å². The van der Waals surface area contributed by atoms with E-state index >= 15 is 0 Å². The van der Waals surface area contributed by atoms with Gasteiger partial charge in [-0.15, -0.1) is 0 Å². The molecular weight excluding hydrogens is 568 g/mol. The summed E-state index contributed by atoms with van der Waals surface area (Å²) >= 11 is 0. The smallest absolute Gasteiger partial charge is 0.319 e. The molecule has 0 saturated carbocycles. The first kappa shape index (κ1) is 22.2. The van der Waals surface area contributed by atoms with Crippen molar-refractivity contribution in [1.82, 2.24) is 18.9 Å². The number of imidazole rings is 1. The highest BCUT2D eigenvalue weighted by Gasteiger charge is 2.65. The summed E-state index contributed by atoms with van der Waals surface area (Å²) < 4.78 is 16.7. The van der Waals surface area contributed by atoms with Gasteiger partial charge in [-0.2, -0.15) is 18.1 Å². The minimum absolute atomic E-state index is 0.754. The lowest BCUT2D eigenvalue weighted by atomic mass is 9.83. The molecule has 8 heterocycles. The highest BCUT2D eigenvalue weighted by atomic mass is 16.5. The van der Waals surface area contributed by atoms with E-state index in [1.165, 1.54) is 21.8 Å². The van der Waals surface area contributed by atoms with Gasteiger partial charge in [-0.25, -0.2) is 9.97 Å². The molecule has 3 aliphatic heterocycles. The lowest BCUT2D eigenvalue weighted by molar-refractivity contribution is -0.946. The molecule has 7 nitrogen and oxygen atoms in total. The Morgan fingerprint density at radius 1 is 0.630 bits per heavy atom. The highest BCUT2D eigenvalue weighted by Crippen LogP contribution is 2.57. The first-order valence-electron chi connectivity index (χ1n) is 15.6. The van der Waals surface area contributed by atoms with Crippen LogP contribution in [0.4, 0.5) is 0 Å². The zero-order valence-corrected chi connectivity index (χ0v) is 24.1. The summed E-state index contributed by atoms with van der Waals surface area (Å²) in [4.78, 5) is 10.6. The average Bonchev–Trinajstić information content (AvgIpc) is 3.74. The Morgan fingerprint density at radius 3 is 2.28 bits per heavy atom. The van der Waals surface area contributed by atoms with E-state index in [4.69, 9.17) is 14.7 Å². The van der Waals surface area contributed by atoms with Gasteiger partial charge in [-0.3, -0.25) is 0 Å². The van der Waals surface area contributed by atoms with Crippen molar-refractivity contribution in [2.75, 3.05) is 0 Å². The number of benzene rings is 5. The third-order valence-corrected chi connectivity index (χ3v) is 10.7. The van der Waals surface area contributed by atoms with Crippen molar-refractivity contribution < 1.29 is 13.9 Å². The molecule has 0 radical (unpaired) electrons. The van der Waals surface area contributed by atoms with Crippen molar-refractivity contribution in [3.05, 3.63) is 133 Å². The van der Waals surface area contributed by atoms with E-state index in [0.717, 1.165) is 78.1 Å². The maximum absolute atomic E-state index is 6.95. The molecule has 0 fully saturated rings. The van der Waals surface area contributed by atoms with Crippen LogP contribution in [-0.2, 0) is 5.66 Å². The third-order valence-electron chi connectivity index (χ3n) is 10.7. The second-order valence-electron chi connectivity index (χ2n) is 12.6. The quantitative estimate of drug-likeness (QED) is 0.108. The van der Waals surface area contributed by atoms with Gasteiger partial charge in [-0.1, -0.05) is 42.5 Å². The molecule has 0 saturated heterocycles. The number of para-hydroxylation sites is 5. The first-order chi connectivity index (χ1) is 22.8. The van der Waals surface area contributed by atoms with Crippen molar-refractivity contribution in [1.29, 1.82) is 0 Å². The maximum atomic E-state index is 6.95. The van der Waals surface area contributed by atoms with Gasteiger partial charge in [0.25, 0.3) is 11.5 Å². The lowest BCUT2D eigenvalue weighted by Crippen LogP contribution is -2.75. The molecule has 5 aromatic heterocycles. The van der Waals surface area contributed by atoms with Crippen LogP contribution in [0.1, 0.15) is 11.1 Å². The normalized spacial score (nSPS) is 17.0. The van der Waals surface area contributed by atoms with Crippen LogP contribution in [0.15, 0.2) is 121 Å². The fourth-order valence-corrected chi connectivity index (χ4v) is 9.11. The Bertz CT molecular complexity index is 3130. The standard InChI is InChI=1S/C39H20N6O/c1-4-12-26-21(9-1)22-16-18-30-34-36(22)43(26)31-15-7-8-20-42(31)39(34)33-29(46-30)19-17-23-32(33)38-44(27-13-5-6-14-28(27)45(38)39)37-35(23)40-24-10-2-3-11-25(24)41-37/h1-20H/q+2. The predicted molar refractivity (Wildman–Crippen MR) is 176 cm³/mol. The molecule has 0 amide bonds. The largest absolute Gasteiger partial charge is 0.456 e. The number of pyridine rings is 2. The predicted octanol–water partition coefficient (Wildman–Crippen LogP) is 7.04. The summed E-state index contributed by atoms with van der Waals surface area (Å²) in [6, 6.07) is 40.9. The summed E-state index contributed by atoms with van der Waals surface area (Å²) in [6.45, 7) is 0. The molecule has 210 valence electrons. The van der Waals surface area contributed by atoms with Crippen molar-refractivity contribution in [3.63, 3.8) is 0 Å². The van der Waals surface area contributed by atoms with Crippen LogP contribution < -0.4 is 13.9 Å². The van der Waals surface area contributed by atoms with Gasteiger partial charge in [0.15, 0.2) is 16.6 Å². The Morgan fingerprint density at radius 2 is 1.37 bits per heavy atom. The molecule has 3 aliphatic rings. The second kappa shape index (κ2) is 6.98. The molecule has 46 heavy (non-hydrogen) atoms. The molecule has 0 aliphatic carbocycles. The molecular formula is C39H20N6O+2. The van der Waals surface area contributed by atoms with Gasteiger partial charge in [0.1, 0.15) is 33.7 Å². The molecule has 10 aromatic rings. The van der Waals surface area contributed by atoms with Gasteiger partial charge < -0.3 is 4.74 Å². The van der Waals surface area contributed by atoms with Crippen LogP contribution in [0.3, 0.4) is 0 Å². The molecule has 13 rings (SSSR count). The Balaban J connectivity index is 1.39. The number of rotatable bonds is 0. The molecule has 5 aromatic carbocycles. The van der Waals surface area contributed by atoms with E-state index in [1.54, 1.807) is 0 Å². The lowest BCUT2D eigenvalue weighted by Gasteiger charge is -2.36. The van der Waals surface area contributed by atoms with Crippen LogP contribution in [0.25, 0.3) is 77.3 Å². The highest BCUT2D eigenvalue weighted by molar-refractivity contribution is 6.16. The number of ether oxygens (including phenoxy) is 1. The Labute approximate surface area is 259 Å². The fraction of sp³-hybridized carbons (Fsp3) is 0.0256. The number of hydrogen-bond donors (Lipinski definition) is 0. The zero-order chi connectivity index (χ0) is 29.5. The fourth-order valence-electron chi connectivity index (χ4n) is 9.11. The van der Waals surface area contributed by atoms with Crippen molar-refractivity contribution in [2.24, 2.45) is 0 Å².